The van der Waals surface area contributed by atoms with Gasteiger partial charge >= 0.3 is 0 Å². The highest BCUT2D eigenvalue weighted by Gasteiger charge is 2.34. The molecule has 0 aromatic carbocycles. The number of amides is 1. The zero-order chi connectivity index (χ0) is 17.3. The van der Waals surface area contributed by atoms with E-state index in [1.165, 1.54) is 6.07 Å². The minimum atomic E-state index is -0.0935. The number of likely N-dealkylation sites (N-methyl/N-ethyl adjacent to an activating group) is 1. The highest BCUT2D eigenvalue weighted by atomic mass is 16.4. The van der Waals surface area contributed by atoms with Gasteiger partial charge in [0.05, 0.1) is 6.54 Å². The van der Waals surface area contributed by atoms with E-state index in [0.717, 1.165) is 6.54 Å². The van der Waals surface area contributed by atoms with E-state index in [-0.39, 0.29) is 11.5 Å². The number of aromatic nitrogens is 1. The van der Waals surface area contributed by atoms with Crippen molar-refractivity contribution in [2.45, 2.75) is 19.5 Å². The smallest absolute Gasteiger partial charge is 0.289 e. The van der Waals surface area contributed by atoms with E-state index >= 15 is 0 Å². The van der Waals surface area contributed by atoms with Crippen LogP contribution in [0.1, 0.15) is 23.2 Å². The number of likely N-dealkylation sites (tertiary alicyclic amines) is 1. The number of hydrogen-bond donors (Lipinski definition) is 0. The molecule has 1 aliphatic rings. The molecule has 0 spiro atoms. The minimum absolute atomic E-state index is 0.0853. The van der Waals surface area contributed by atoms with Gasteiger partial charge in [0, 0.05) is 31.4 Å². The number of carbonyl (C=O) groups is 1. The van der Waals surface area contributed by atoms with Crippen molar-refractivity contribution in [1.29, 1.82) is 0 Å². The van der Waals surface area contributed by atoms with Gasteiger partial charge in [-0.1, -0.05) is 13.0 Å². The lowest BCUT2D eigenvalue weighted by Crippen LogP contribution is -2.35. The predicted octanol–water partition coefficient (Wildman–Crippen LogP) is 1.51. The fourth-order valence-corrected chi connectivity index (χ4v) is 3.28. The van der Waals surface area contributed by atoms with Gasteiger partial charge in [0.2, 0.25) is 0 Å². The van der Waals surface area contributed by atoms with Gasteiger partial charge in [0.15, 0.2) is 5.76 Å². The zero-order valence-electron chi connectivity index (χ0n) is 14.3. The third kappa shape index (κ3) is 3.28. The number of carbonyl (C=O) groups excluding carboxylic acids is 1. The number of furan rings is 1. The zero-order valence-corrected chi connectivity index (χ0v) is 14.3. The SMILES string of the molecule is C[C@@H]1CN(C(=O)c2ccc(Cn3ccccc3=O)o2)C[C@H]1N(C)C. The molecule has 2 atom stereocenters. The first-order valence-electron chi connectivity index (χ1n) is 8.15. The van der Waals surface area contributed by atoms with Crippen LogP contribution in [0.4, 0.5) is 0 Å². The Bertz CT molecular complexity index is 778. The van der Waals surface area contributed by atoms with Crippen molar-refractivity contribution in [3.63, 3.8) is 0 Å². The van der Waals surface area contributed by atoms with Gasteiger partial charge < -0.3 is 18.8 Å². The normalized spacial score (nSPS) is 20.8. The highest BCUT2D eigenvalue weighted by Crippen LogP contribution is 2.22. The Morgan fingerprint density at radius 3 is 2.71 bits per heavy atom. The lowest BCUT2D eigenvalue weighted by Gasteiger charge is -2.22. The monoisotopic (exact) mass is 329 g/mol. The summed E-state index contributed by atoms with van der Waals surface area (Å²) in [5.74, 6) is 1.28. The molecule has 1 aliphatic heterocycles. The van der Waals surface area contributed by atoms with Crippen LogP contribution in [0, 0.1) is 5.92 Å². The van der Waals surface area contributed by atoms with Crippen molar-refractivity contribution in [2.75, 3.05) is 27.2 Å². The molecular formula is C18H23N3O3. The molecule has 0 saturated carbocycles. The van der Waals surface area contributed by atoms with E-state index in [1.807, 2.05) is 19.0 Å². The fraction of sp³-hybridized carbons (Fsp3) is 0.444. The van der Waals surface area contributed by atoms with Crippen molar-refractivity contribution in [3.05, 3.63) is 58.4 Å². The molecule has 0 radical (unpaired) electrons. The van der Waals surface area contributed by atoms with Crippen molar-refractivity contribution >= 4 is 5.91 Å². The van der Waals surface area contributed by atoms with Crippen molar-refractivity contribution in [3.8, 4) is 0 Å². The van der Waals surface area contributed by atoms with Gasteiger partial charge in [-0.3, -0.25) is 9.59 Å². The van der Waals surface area contributed by atoms with Crippen LogP contribution in [0.2, 0.25) is 0 Å². The Labute approximate surface area is 141 Å². The van der Waals surface area contributed by atoms with E-state index in [1.54, 1.807) is 35.0 Å². The number of rotatable bonds is 4. The standard InChI is InChI=1S/C18H23N3O3/c1-13-10-21(12-15(13)19(2)3)18(23)16-8-7-14(24-16)11-20-9-5-4-6-17(20)22/h4-9,13,15H,10-12H2,1-3H3/t13-,15-/m1/s1. The minimum Gasteiger partial charge on any atom is -0.454 e. The summed E-state index contributed by atoms with van der Waals surface area (Å²) < 4.78 is 7.23. The lowest BCUT2D eigenvalue weighted by atomic mass is 10.1. The maximum absolute atomic E-state index is 12.6. The molecule has 2 aromatic rings. The Hall–Kier alpha value is -2.34. The molecule has 6 heteroatoms. The van der Waals surface area contributed by atoms with Gasteiger partial charge in [0.25, 0.3) is 11.5 Å². The highest BCUT2D eigenvalue weighted by molar-refractivity contribution is 5.91. The number of hydrogen-bond acceptors (Lipinski definition) is 4. The van der Waals surface area contributed by atoms with E-state index < -0.39 is 0 Å². The second kappa shape index (κ2) is 6.65. The predicted molar refractivity (Wildman–Crippen MR) is 91.1 cm³/mol. The molecule has 0 bridgehead atoms. The summed E-state index contributed by atoms with van der Waals surface area (Å²) in [7, 11) is 4.08. The summed E-state index contributed by atoms with van der Waals surface area (Å²) in [4.78, 5) is 28.4. The molecule has 3 rings (SSSR count). The van der Waals surface area contributed by atoms with Gasteiger partial charge in [-0.05, 0) is 38.2 Å². The van der Waals surface area contributed by atoms with Crippen LogP contribution in [0.15, 0.2) is 45.7 Å². The first-order valence-corrected chi connectivity index (χ1v) is 8.15. The van der Waals surface area contributed by atoms with Crippen LogP contribution in [0.5, 0.6) is 0 Å². The Morgan fingerprint density at radius 1 is 1.25 bits per heavy atom. The van der Waals surface area contributed by atoms with E-state index in [2.05, 4.69) is 11.8 Å². The molecule has 1 saturated heterocycles. The maximum atomic E-state index is 12.6. The third-order valence-corrected chi connectivity index (χ3v) is 4.62. The molecule has 0 N–H and O–H groups in total. The average Bonchev–Trinajstić information content (AvgIpc) is 3.16. The van der Waals surface area contributed by atoms with Gasteiger partial charge in [-0.15, -0.1) is 0 Å². The van der Waals surface area contributed by atoms with E-state index in [4.69, 9.17) is 4.42 Å². The van der Waals surface area contributed by atoms with Crippen LogP contribution in [-0.4, -0.2) is 53.5 Å². The summed E-state index contributed by atoms with van der Waals surface area (Å²) in [5, 5.41) is 0. The van der Waals surface area contributed by atoms with Gasteiger partial charge in [-0.25, -0.2) is 0 Å². The summed E-state index contributed by atoms with van der Waals surface area (Å²) in [6.07, 6.45) is 1.70. The molecule has 6 nitrogen and oxygen atoms in total. The maximum Gasteiger partial charge on any atom is 0.289 e. The van der Waals surface area contributed by atoms with Crippen molar-refractivity contribution < 1.29 is 9.21 Å². The molecule has 24 heavy (non-hydrogen) atoms. The molecule has 0 unspecified atom stereocenters. The summed E-state index contributed by atoms with van der Waals surface area (Å²) in [6, 6.07) is 8.82. The molecule has 3 heterocycles. The second-order valence-corrected chi connectivity index (χ2v) is 6.65. The fourth-order valence-electron chi connectivity index (χ4n) is 3.28. The Balaban J connectivity index is 1.71. The lowest BCUT2D eigenvalue weighted by molar-refractivity contribution is 0.0747. The molecular weight excluding hydrogens is 306 g/mol. The van der Waals surface area contributed by atoms with Crippen LogP contribution in [-0.2, 0) is 6.54 Å². The Morgan fingerprint density at radius 2 is 2.04 bits per heavy atom. The summed E-state index contributed by atoms with van der Waals surface area (Å²) in [5.41, 5.74) is -0.0935. The van der Waals surface area contributed by atoms with E-state index in [0.29, 0.717) is 36.6 Å². The van der Waals surface area contributed by atoms with Crippen LogP contribution in [0.3, 0.4) is 0 Å². The van der Waals surface area contributed by atoms with Crippen LogP contribution >= 0.6 is 0 Å². The number of nitrogens with zero attached hydrogens (tertiary/aromatic N) is 3. The van der Waals surface area contributed by atoms with Crippen LogP contribution < -0.4 is 5.56 Å². The molecule has 128 valence electrons. The molecule has 1 amide bonds. The third-order valence-electron chi connectivity index (χ3n) is 4.62. The van der Waals surface area contributed by atoms with Gasteiger partial charge in [0.1, 0.15) is 5.76 Å². The topological polar surface area (TPSA) is 58.7 Å². The number of pyridine rings is 1. The second-order valence-electron chi connectivity index (χ2n) is 6.65. The van der Waals surface area contributed by atoms with Crippen LogP contribution in [0.25, 0.3) is 0 Å². The molecule has 0 aliphatic carbocycles. The van der Waals surface area contributed by atoms with E-state index in [9.17, 15) is 9.59 Å². The first-order chi connectivity index (χ1) is 11.5. The van der Waals surface area contributed by atoms with Crippen molar-refractivity contribution in [1.82, 2.24) is 14.4 Å². The van der Waals surface area contributed by atoms with Gasteiger partial charge in [-0.2, -0.15) is 0 Å². The van der Waals surface area contributed by atoms with Crippen molar-refractivity contribution in [2.24, 2.45) is 5.92 Å². The Kier molecular flexibility index (Phi) is 4.57. The largest absolute Gasteiger partial charge is 0.454 e. The average molecular weight is 329 g/mol. The molecule has 1 fully saturated rings. The summed E-state index contributed by atoms with van der Waals surface area (Å²) >= 11 is 0. The molecule has 2 aromatic heterocycles. The summed E-state index contributed by atoms with van der Waals surface area (Å²) in [6.45, 7) is 3.92. The quantitative estimate of drug-likeness (QED) is 0.853. The first kappa shape index (κ1) is 16.5.